The predicted octanol–water partition coefficient (Wildman–Crippen LogP) is 2.94. The molecule has 0 saturated carbocycles. The van der Waals surface area contributed by atoms with Gasteiger partial charge in [0.25, 0.3) is 0 Å². The molecule has 0 radical (unpaired) electrons. The summed E-state index contributed by atoms with van der Waals surface area (Å²) in [4.78, 5) is 36.3. The van der Waals surface area contributed by atoms with Crippen molar-refractivity contribution in [2.24, 2.45) is 0 Å². The van der Waals surface area contributed by atoms with E-state index in [4.69, 9.17) is 19.6 Å². The van der Waals surface area contributed by atoms with Gasteiger partial charge in [-0.3, -0.25) is 9.13 Å². The fourth-order valence-corrected chi connectivity index (χ4v) is 8.67. The van der Waals surface area contributed by atoms with Crippen molar-refractivity contribution in [2.45, 2.75) is 50.8 Å². The molecule has 0 amide bonds. The lowest BCUT2D eigenvalue weighted by atomic mass is 10.1. The summed E-state index contributed by atoms with van der Waals surface area (Å²) in [5, 5.41) is -2.10. The van der Waals surface area contributed by atoms with E-state index in [0.29, 0.717) is 12.2 Å². The summed E-state index contributed by atoms with van der Waals surface area (Å²) in [5.41, 5.74) is 0. The number of hydrogen-bond donors (Lipinski definition) is 5. The van der Waals surface area contributed by atoms with E-state index in [0.717, 1.165) is 32.1 Å². The van der Waals surface area contributed by atoms with Crippen LogP contribution >= 0.6 is 25.5 Å². The molecular formula is C11H28O7P2S. The van der Waals surface area contributed by atoms with E-state index in [2.05, 4.69) is 6.92 Å². The summed E-state index contributed by atoms with van der Waals surface area (Å²) in [6, 6.07) is 0. The van der Waals surface area contributed by atoms with Crippen LogP contribution in [0.4, 0.5) is 0 Å². The number of unbranched alkanes of at least 4 members (excludes halogenated alkanes) is 5. The van der Waals surface area contributed by atoms with E-state index in [-0.39, 0.29) is 0 Å². The molecule has 1 unspecified atom stereocenters. The van der Waals surface area contributed by atoms with Crippen molar-refractivity contribution >= 4 is 25.5 Å². The van der Waals surface area contributed by atoms with Crippen LogP contribution in [0.2, 0.25) is 0 Å². The van der Waals surface area contributed by atoms with Crippen LogP contribution in [0.25, 0.3) is 0 Å². The minimum Gasteiger partial charge on any atom is -0.352 e. The van der Waals surface area contributed by atoms with Crippen molar-refractivity contribution in [1.29, 1.82) is 0 Å². The van der Waals surface area contributed by atoms with Crippen LogP contribution in [0, 0.1) is 0 Å². The SMILES string of the molecule is CCCCCCCCS(C)(O)CC(P(=O)(O)O)P(=O)(O)O. The van der Waals surface area contributed by atoms with Crippen molar-refractivity contribution in [2.75, 3.05) is 17.8 Å². The fourth-order valence-electron chi connectivity index (χ4n) is 1.99. The summed E-state index contributed by atoms with van der Waals surface area (Å²) >= 11 is 0. The first-order valence-corrected chi connectivity index (χ1v) is 12.7. The Balaban J connectivity index is 4.43. The van der Waals surface area contributed by atoms with Crippen molar-refractivity contribution < 1.29 is 33.3 Å². The van der Waals surface area contributed by atoms with Gasteiger partial charge >= 0.3 is 15.2 Å². The van der Waals surface area contributed by atoms with E-state index >= 15 is 0 Å². The van der Waals surface area contributed by atoms with Crippen LogP contribution in [-0.2, 0) is 9.13 Å². The lowest BCUT2D eigenvalue weighted by Crippen LogP contribution is -2.21. The standard InChI is InChI=1S/C11H28O7P2S/c1-3-4-5-6-7-8-9-21(2,18)10-11(19(12,13)14)20(15,16)17/h11,18H,3-10H2,1-2H3,(H2,12,13,14)(H2,15,16,17). The first-order valence-electron chi connectivity index (χ1n) is 6.97. The number of hydrogen-bond acceptors (Lipinski definition) is 3. The second kappa shape index (κ2) is 9.04. The van der Waals surface area contributed by atoms with Crippen molar-refractivity contribution in [1.82, 2.24) is 0 Å². The molecule has 0 spiro atoms. The Kier molecular flexibility index (Phi) is 9.30. The third-order valence-corrected chi connectivity index (χ3v) is 9.66. The van der Waals surface area contributed by atoms with Gasteiger partial charge < -0.3 is 24.1 Å². The second-order valence-corrected chi connectivity index (χ2v) is 12.7. The largest absolute Gasteiger partial charge is 0.352 e. The van der Waals surface area contributed by atoms with E-state index in [1.807, 2.05) is 0 Å². The van der Waals surface area contributed by atoms with E-state index in [1.165, 1.54) is 6.26 Å². The average Bonchev–Trinajstić information content (AvgIpc) is 2.28. The van der Waals surface area contributed by atoms with Crippen LogP contribution in [0.5, 0.6) is 0 Å². The molecule has 0 bridgehead atoms. The topological polar surface area (TPSA) is 135 Å². The monoisotopic (exact) mass is 366 g/mol. The maximum Gasteiger partial charge on any atom is 0.341 e. The average molecular weight is 366 g/mol. The molecule has 130 valence electrons. The molecule has 0 aliphatic carbocycles. The van der Waals surface area contributed by atoms with Gasteiger partial charge in [0.1, 0.15) is 0 Å². The highest BCUT2D eigenvalue weighted by atomic mass is 32.3. The third kappa shape index (κ3) is 10.1. The Morgan fingerprint density at radius 2 is 1.33 bits per heavy atom. The second-order valence-electron chi connectivity index (χ2n) is 5.52. The van der Waals surface area contributed by atoms with Crippen molar-refractivity contribution in [3.8, 4) is 0 Å². The molecule has 0 aliphatic heterocycles. The molecule has 7 nitrogen and oxygen atoms in total. The van der Waals surface area contributed by atoms with Gasteiger partial charge in [0, 0.05) is 5.75 Å². The summed E-state index contributed by atoms with van der Waals surface area (Å²) in [6.07, 6.45) is 7.47. The van der Waals surface area contributed by atoms with Gasteiger partial charge in [-0.25, -0.2) is 0 Å². The first kappa shape index (κ1) is 21.6. The normalized spacial score (nSPS) is 17.7. The minimum absolute atomic E-state index is 0.343. The smallest absolute Gasteiger partial charge is 0.341 e. The van der Waals surface area contributed by atoms with Crippen LogP contribution in [0.3, 0.4) is 0 Å². The molecule has 5 N–H and O–H groups in total. The quantitative estimate of drug-likeness (QED) is 0.280. The zero-order valence-electron chi connectivity index (χ0n) is 12.6. The van der Waals surface area contributed by atoms with E-state index in [1.54, 1.807) is 0 Å². The highest BCUT2D eigenvalue weighted by molar-refractivity contribution is 8.28. The van der Waals surface area contributed by atoms with Crippen molar-refractivity contribution in [3.63, 3.8) is 0 Å². The Bertz CT molecular complexity index is 368. The van der Waals surface area contributed by atoms with Gasteiger partial charge in [-0.05, 0) is 18.4 Å². The molecular weight excluding hydrogens is 338 g/mol. The summed E-state index contributed by atoms with van der Waals surface area (Å²) < 4.78 is 32.6. The summed E-state index contributed by atoms with van der Waals surface area (Å²) in [7, 11) is -12.3. The van der Waals surface area contributed by atoms with Crippen LogP contribution < -0.4 is 0 Å². The Labute approximate surface area is 128 Å². The minimum atomic E-state index is -4.95. The molecule has 0 aromatic carbocycles. The van der Waals surface area contributed by atoms with E-state index in [9.17, 15) is 13.7 Å². The highest BCUT2D eigenvalue weighted by Crippen LogP contribution is 2.63. The molecule has 1 atom stereocenters. The van der Waals surface area contributed by atoms with Crippen LogP contribution in [0.1, 0.15) is 45.4 Å². The summed E-state index contributed by atoms with van der Waals surface area (Å²) in [6.45, 7) is 2.11. The lowest BCUT2D eigenvalue weighted by molar-refractivity contribution is 0.342. The zero-order valence-corrected chi connectivity index (χ0v) is 15.2. The van der Waals surface area contributed by atoms with Crippen LogP contribution in [-0.4, -0.2) is 47.3 Å². The molecule has 0 heterocycles. The van der Waals surface area contributed by atoms with Gasteiger partial charge in [0.2, 0.25) is 0 Å². The maximum atomic E-state index is 11.2. The first-order chi connectivity index (χ1) is 9.40. The molecule has 0 rings (SSSR count). The zero-order chi connectivity index (χ0) is 16.7. The third-order valence-electron chi connectivity index (χ3n) is 3.22. The molecule has 0 aliphatic rings. The Morgan fingerprint density at radius 1 is 0.905 bits per heavy atom. The summed E-state index contributed by atoms with van der Waals surface area (Å²) in [5.74, 6) is -0.188. The number of rotatable bonds is 11. The van der Waals surface area contributed by atoms with E-state index < -0.39 is 36.7 Å². The molecule has 0 aromatic heterocycles. The van der Waals surface area contributed by atoms with Gasteiger partial charge in [0.15, 0.2) is 5.40 Å². The lowest BCUT2D eigenvalue weighted by Gasteiger charge is -2.33. The van der Waals surface area contributed by atoms with Gasteiger partial charge in [0.05, 0.1) is 0 Å². The molecule has 0 fully saturated rings. The highest BCUT2D eigenvalue weighted by Gasteiger charge is 2.45. The molecule has 0 aromatic rings. The van der Waals surface area contributed by atoms with Crippen molar-refractivity contribution in [3.05, 3.63) is 0 Å². The molecule has 10 heteroatoms. The maximum absolute atomic E-state index is 11.2. The van der Waals surface area contributed by atoms with Gasteiger partial charge in [-0.1, -0.05) is 39.0 Å². The molecule has 0 saturated heterocycles. The Morgan fingerprint density at radius 3 is 1.76 bits per heavy atom. The Hall–Kier alpha value is 0.610. The fraction of sp³-hybridized carbons (Fsp3) is 1.00. The predicted molar refractivity (Wildman–Crippen MR) is 87.1 cm³/mol. The van der Waals surface area contributed by atoms with Gasteiger partial charge in [-0.2, -0.15) is 0 Å². The van der Waals surface area contributed by atoms with Crippen LogP contribution in [0.15, 0.2) is 0 Å². The van der Waals surface area contributed by atoms with Gasteiger partial charge in [-0.15, -0.1) is 10.3 Å². The molecule has 21 heavy (non-hydrogen) atoms.